The van der Waals surface area contributed by atoms with Crippen molar-refractivity contribution in [2.45, 2.75) is 31.9 Å². The van der Waals surface area contributed by atoms with E-state index in [0.29, 0.717) is 6.42 Å². The second-order valence-electron chi connectivity index (χ2n) is 3.71. The summed E-state index contributed by atoms with van der Waals surface area (Å²) in [6.07, 6.45) is 0.895. The third kappa shape index (κ3) is 3.92. The smallest absolute Gasteiger partial charge is 0.237 e. The maximum atomic E-state index is 11.5. The zero-order chi connectivity index (χ0) is 12.0. The van der Waals surface area contributed by atoms with Gasteiger partial charge in [0.05, 0.1) is 12.1 Å². The van der Waals surface area contributed by atoms with Crippen molar-refractivity contribution in [3.05, 3.63) is 22.4 Å². The van der Waals surface area contributed by atoms with Crippen molar-refractivity contribution in [1.82, 2.24) is 5.32 Å². The van der Waals surface area contributed by atoms with Crippen LogP contribution in [0.2, 0.25) is 0 Å². The van der Waals surface area contributed by atoms with Gasteiger partial charge in [-0.2, -0.15) is 11.3 Å². The summed E-state index contributed by atoms with van der Waals surface area (Å²) >= 11 is 1.52. The Labute approximate surface area is 99.5 Å². The Morgan fingerprint density at radius 2 is 2.44 bits per heavy atom. The zero-order valence-corrected chi connectivity index (χ0v) is 10.2. The molecule has 0 spiro atoms. The van der Waals surface area contributed by atoms with Crippen LogP contribution in [0.1, 0.15) is 31.4 Å². The van der Waals surface area contributed by atoms with Gasteiger partial charge in [0, 0.05) is 6.54 Å². The molecule has 1 aromatic heterocycles. The fraction of sp³-hybridized carbons (Fsp3) is 0.545. The highest BCUT2D eigenvalue weighted by atomic mass is 32.1. The monoisotopic (exact) mass is 242 g/mol. The Morgan fingerprint density at radius 3 is 3.00 bits per heavy atom. The van der Waals surface area contributed by atoms with Gasteiger partial charge in [-0.05, 0) is 28.8 Å². The molecule has 1 amide bonds. The minimum Gasteiger partial charge on any atom is -0.387 e. The minimum atomic E-state index is -0.649. The normalized spacial score (nSPS) is 14.4. The van der Waals surface area contributed by atoms with Crippen molar-refractivity contribution >= 4 is 17.2 Å². The minimum absolute atomic E-state index is 0.198. The molecule has 0 aliphatic rings. The molecule has 1 heterocycles. The van der Waals surface area contributed by atoms with Gasteiger partial charge in [-0.15, -0.1) is 0 Å². The van der Waals surface area contributed by atoms with Gasteiger partial charge in [-0.1, -0.05) is 13.3 Å². The fourth-order valence-corrected chi connectivity index (χ4v) is 2.06. The van der Waals surface area contributed by atoms with E-state index >= 15 is 0 Å². The number of carbonyl (C=O) groups excluding carboxylic acids is 1. The molecule has 16 heavy (non-hydrogen) atoms. The van der Waals surface area contributed by atoms with Crippen LogP contribution in [0.25, 0.3) is 0 Å². The van der Waals surface area contributed by atoms with Crippen LogP contribution < -0.4 is 11.1 Å². The number of hydrogen-bond acceptors (Lipinski definition) is 4. The van der Waals surface area contributed by atoms with Crippen LogP contribution in [-0.4, -0.2) is 23.6 Å². The van der Waals surface area contributed by atoms with Crippen molar-refractivity contribution in [3.63, 3.8) is 0 Å². The SMILES string of the molecule is CCC[C@H](N)C(=O)NCC(O)c1ccsc1. The van der Waals surface area contributed by atoms with Gasteiger partial charge in [-0.25, -0.2) is 0 Å². The van der Waals surface area contributed by atoms with Gasteiger partial charge in [0.25, 0.3) is 0 Å². The maximum absolute atomic E-state index is 11.5. The lowest BCUT2D eigenvalue weighted by Gasteiger charge is -2.14. The van der Waals surface area contributed by atoms with E-state index < -0.39 is 12.1 Å². The first kappa shape index (κ1) is 13.2. The van der Waals surface area contributed by atoms with Crippen molar-refractivity contribution in [2.75, 3.05) is 6.54 Å². The van der Waals surface area contributed by atoms with Crippen LogP contribution in [0.15, 0.2) is 16.8 Å². The number of rotatable bonds is 6. The molecule has 4 N–H and O–H groups in total. The predicted molar refractivity (Wildman–Crippen MR) is 65.2 cm³/mol. The van der Waals surface area contributed by atoms with E-state index in [2.05, 4.69) is 5.32 Å². The highest BCUT2D eigenvalue weighted by molar-refractivity contribution is 7.07. The van der Waals surface area contributed by atoms with Crippen molar-refractivity contribution in [3.8, 4) is 0 Å². The molecule has 1 unspecified atom stereocenters. The van der Waals surface area contributed by atoms with Crippen molar-refractivity contribution in [1.29, 1.82) is 0 Å². The number of nitrogens with one attached hydrogen (secondary N) is 1. The van der Waals surface area contributed by atoms with Gasteiger partial charge in [0.1, 0.15) is 0 Å². The molecule has 0 saturated heterocycles. The summed E-state index contributed by atoms with van der Waals surface area (Å²) in [6, 6.07) is 1.37. The van der Waals surface area contributed by atoms with Crippen LogP contribution >= 0.6 is 11.3 Å². The summed E-state index contributed by atoms with van der Waals surface area (Å²) in [5.41, 5.74) is 6.47. The van der Waals surface area contributed by atoms with E-state index in [1.807, 2.05) is 23.8 Å². The molecule has 2 atom stereocenters. The quantitative estimate of drug-likeness (QED) is 0.697. The summed E-state index contributed by atoms with van der Waals surface area (Å²) in [6.45, 7) is 2.19. The standard InChI is InChI=1S/C11H18N2O2S/c1-2-3-9(12)11(15)13-6-10(14)8-4-5-16-7-8/h4-5,7,9-10,14H,2-3,6,12H2,1H3,(H,13,15)/t9-,10?/m0/s1. The number of thiophene rings is 1. The summed E-state index contributed by atoms with van der Waals surface area (Å²) in [4.78, 5) is 11.5. The average Bonchev–Trinajstić information content (AvgIpc) is 2.79. The van der Waals surface area contributed by atoms with Crippen molar-refractivity contribution < 1.29 is 9.90 Å². The number of nitrogens with two attached hydrogens (primary N) is 1. The van der Waals surface area contributed by atoms with Crippen LogP contribution in [0.5, 0.6) is 0 Å². The van der Waals surface area contributed by atoms with E-state index in [1.54, 1.807) is 0 Å². The topological polar surface area (TPSA) is 75.4 Å². The molecule has 90 valence electrons. The highest BCUT2D eigenvalue weighted by Crippen LogP contribution is 2.14. The molecule has 1 aromatic rings. The van der Waals surface area contributed by atoms with Crippen molar-refractivity contribution in [2.24, 2.45) is 5.73 Å². The molecule has 0 bridgehead atoms. The summed E-state index contributed by atoms with van der Waals surface area (Å²) in [5, 5.41) is 16.1. The van der Waals surface area contributed by atoms with Gasteiger partial charge in [0.15, 0.2) is 0 Å². The molecule has 0 fully saturated rings. The molecular formula is C11H18N2O2S. The summed E-state index contributed by atoms with van der Waals surface area (Å²) in [5.74, 6) is -0.198. The van der Waals surface area contributed by atoms with E-state index in [-0.39, 0.29) is 12.5 Å². The first-order valence-electron chi connectivity index (χ1n) is 5.38. The van der Waals surface area contributed by atoms with Crippen LogP contribution in [0.4, 0.5) is 0 Å². The molecule has 0 aliphatic heterocycles. The molecular weight excluding hydrogens is 224 g/mol. The first-order chi connectivity index (χ1) is 7.65. The van der Waals surface area contributed by atoms with E-state index in [4.69, 9.17) is 5.73 Å². The highest BCUT2D eigenvalue weighted by Gasteiger charge is 2.14. The molecule has 1 rings (SSSR count). The third-order valence-corrected chi connectivity index (χ3v) is 3.04. The molecule has 0 aliphatic carbocycles. The molecule has 0 radical (unpaired) electrons. The number of carbonyl (C=O) groups is 1. The van der Waals surface area contributed by atoms with Gasteiger partial charge in [0.2, 0.25) is 5.91 Å². The lowest BCUT2D eigenvalue weighted by Crippen LogP contribution is -2.41. The number of aliphatic hydroxyl groups excluding tert-OH is 1. The fourth-order valence-electron chi connectivity index (χ4n) is 1.35. The lowest BCUT2D eigenvalue weighted by molar-refractivity contribution is -0.123. The van der Waals surface area contributed by atoms with Gasteiger partial charge < -0.3 is 16.2 Å². The van der Waals surface area contributed by atoms with Gasteiger partial charge in [-0.3, -0.25) is 4.79 Å². The molecule has 5 heteroatoms. The number of hydrogen-bond donors (Lipinski definition) is 3. The average molecular weight is 242 g/mol. The first-order valence-corrected chi connectivity index (χ1v) is 6.33. The Balaban J connectivity index is 2.31. The number of aliphatic hydroxyl groups is 1. The Hall–Kier alpha value is -0.910. The van der Waals surface area contributed by atoms with E-state index in [9.17, 15) is 9.90 Å². The molecule has 0 aromatic carbocycles. The zero-order valence-electron chi connectivity index (χ0n) is 9.35. The van der Waals surface area contributed by atoms with Gasteiger partial charge >= 0.3 is 0 Å². The maximum Gasteiger partial charge on any atom is 0.237 e. The summed E-state index contributed by atoms with van der Waals surface area (Å²) < 4.78 is 0. The van der Waals surface area contributed by atoms with E-state index in [0.717, 1.165) is 12.0 Å². The van der Waals surface area contributed by atoms with Crippen LogP contribution in [0, 0.1) is 0 Å². The summed E-state index contributed by atoms with van der Waals surface area (Å²) in [7, 11) is 0. The largest absolute Gasteiger partial charge is 0.387 e. The predicted octanol–water partition coefficient (Wildman–Crippen LogP) is 1.03. The Morgan fingerprint density at radius 1 is 1.69 bits per heavy atom. The second kappa shape index (κ2) is 6.62. The van der Waals surface area contributed by atoms with E-state index in [1.165, 1.54) is 11.3 Å². The number of amides is 1. The Bertz CT molecular complexity index is 314. The molecule has 0 saturated carbocycles. The van der Waals surface area contributed by atoms with Crippen LogP contribution in [0.3, 0.4) is 0 Å². The van der Waals surface area contributed by atoms with Crippen LogP contribution in [-0.2, 0) is 4.79 Å². The lowest BCUT2D eigenvalue weighted by atomic mass is 10.1. The Kier molecular flexibility index (Phi) is 5.45. The second-order valence-corrected chi connectivity index (χ2v) is 4.49. The molecule has 4 nitrogen and oxygen atoms in total. The third-order valence-electron chi connectivity index (χ3n) is 2.33.